The highest BCUT2D eigenvalue weighted by atomic mass is 28.3. The van der Waals surface area contributed by atoms with Crippen molar-refractivity contribution in [1.82, 2.24) is 14.5 Å². The van der Waals surface area contributed by atoms with Gasteiger partial charge in [0, 0.05) is 33.6 Å². The van der Waals surface area contributed by atoms with E-state index in [0.29, 0.717) is 42.3 Å². The van der Waals surface area contributed by atoms with Crippen molar-refractivity contribution >= 4 is 24.9 Å². The number of ether oxygens (including phenoxy) is 2. The molecule has 7 nitrogen and oxygen atoms in total. The molecule has 1 N–H and O–H groups in total. The van der Waals surface area contributed by atoms with E-state index in [1.807, 2.05) is 22.8 Å². The van der Waals surface area contributed by atoms with Gasteiger partial charge in [0.15, 0.2) is 0 Å². The summed E-state index contributed by atoms with van der Waals surface area (Å²) in [6.07, 6.45) is 4.22. The Labute approximate surface area is 228 Å². The SMILES string of the molecule is C[Si](C)(C)CCOCn1c(-c2ccc(O)cc2)cc2c(Oc3ccc(CC(=O)CC4CC4)c(F)c3)ncnc21. The van der Waals surface area contributed by atoms with Crippen molar-refractivity contribution in [2.45, 2.75) is 58.1 Å². The molecule has 204 valence electrons. The first kappa shape index (κ1) is 27.0. The Morgan fingerprint density at radius 3 is 2.56 bits per heavy atom. The lowest BCUT2D eigenvalue weighted by Gasteiger charge is -2.16. The van der Waals surface area contributed by atoms with Crippen LogP contribution in [0.4, 0.5) is 4.39 Å². The van der Waals surface area contributed by atoms with E-state index in [1.54, 1.807) is 24.3 Å². The standard InChI is InChI=1S/C30H34FN3O4Si/c1-39(2,3)13-12-37-19-34-28(21-6-9-23(35)10-7-21)17-26-29(34)32-18-33-30(26)38-25-11-8-22(27(31)16-25)15-24(36)14-20-4-5-20/h6-11,16-18,20,35H,4-5,12-15,19H2,1-3H3. The Morgan fingerprint density at radius 2 is 1.87 bits per heavy atom. The molecule has 0 bridgehead atoms. The second-order valence-corrected chi connectivity index (χ2v) is 17.1. The number of aromatic hydroxyl groups is 1. The summed E-state index contributed by atoms with van der Waals surface area (Å²) >= 11 is 0. The van der Waals surface area contributed by atoms with Gasteiger partial charge in [-0.3, -0.25) is 4.79 Å². The van der Waals surface area contributed by atoms with E-state index in [9.17, 15) is 14.3 Å². The molecule has 0 spiro atoms. The number of Topliss-reactive ketones (excluding diaryl/α,β-unsaturated/α-hetero) is 1. The normalized spacial score (nSPS) is 13.6. The van der Waals surface area contributed by atoms with Crippen LogP contribution in [0.2, 0.25) is 25.7 Å². The van der Waals surface area contributed by atoms with E-state index in [1.165, 1.54) is 12.4 Å². The van der Waals surface area contributed by atoms with Crippen molar-refractivity contribution in [3.8, 4) is 28.6 Å². The van der Waals surface area contributed by atoms with Crippen LogP contribution in [0.5, 0.6) is 17.4 Å². The third-order valence-corrected chi connectivity index (χ3v) is 8.58. The minimum Gasteiger partial charge on any atom is -0.508 e. The average molecular weight is 548 g/mol. The van der Waals surface area contributed by atoms with Crippen LogP contribution in [0, 0.1) is 11.7 Å². The van der Waals surface area contributed by atoms with Gasteiger partial charge in [-0.2, -0.15) is 0 Å². The molecule has 4 aromatic rings. The van der Waals surface area contributed by atoms with Gasteiger partial charge in [0.1, 0.15) is 41.8 Å². The number of phenols is 1. The smallest absolute Gasteiger partial charge is 0.231 e. The third kappa shape index (κ3) is 6.91. The Morgan fingerprint density at radius 1 is 1.10 bits per heavy atom. The zero-order valence-corrected chi connectivity index (χ0v) is 23.6. The highest BCUT2D eigenvalue weighted by Crippen LogP contribution is 2.35. The van der Waals surface area contributed by atoms with Crippen LogP contribution in [-0.4, -0.2) is 40.1 Å². The van der Waals surface area contributed by atoms with E-state index < -0.39 is 13.9 Å². The van der Waals surface area contributed by atoms with Gasteiger partial charge in [-0.25, -0.2) is 14.4 Å². The summed E-state index contributed by atoms with van der Waals surface area (Å²) in [5.41, 5.74) is 2.70. The number of halogens is 1. The zero-order chi connectivity index (χ0) is 27.6. The summed E-state index contributed by atoms with van der Waals surface area (Å²) < 4.78 is 28.9. The molecule has 2 aromatic heterocycles. The van der Waals surface area contributed by atoms with Gasteiger partial charge in [-0.1, -0.05) is 25.7 Å². The molecule has 2 aromatic carbocycles. The lowest BCUT2D eigenvalue weighted by atomic mass is 10.0. The molecule has 0 atom stereocenters. The van der Waals surface area contributed by atoms with Crippen LogP contribution in [0.1, 0.15) is 24.8 Å². The second kappa shape index (κ2) is 11.3. The van der Waals surface area contributed by atoms with Crippen molar-refractivity contribution in [3.63, 3.8) is 0 Å². The Hall–Kier alpha value is -3.56. The van der Waals surface area contributed by atoms with Crippen molar-refractivity contribution in [2.24, 2.45) is 5.92 Å². The van der Waals surface area contributed by atoms with Crippen LogP contribution >= 0.6 is 0 Å². The lowest BCUT2D eigenvalue weighted by Crippen LogP contribution is -2.22. The molecular weight excluding hydrogens is 513 g/mol. The molecule has 0 saturated heterocycles. The number of nitrogens with zero attached hydrogens (tertiary/aromatic N) is 3. The number of ketones is 1. The molecule has 1 fully saturated rings. The van der Waals surface area contributed by atoms with Gasteiger partial charge >= 0.3 is 0 Å². The van der Waals surface area contributed by atoms with E-state index in [-0.39, 0.29) is 29.6 Å². The second-order valence-electron chi connectivity index (χ2n) is 11.5. The average Bonchev–Trinajstić information content (AvgIpc) is 3.61. The van der Waals surface area contributed by atoms with Gasteiger partial charge in [0.2, 0.25) is 5.88 Å². The first-order valence-electron chi connectivity index (χ1n) is 13.4. The maximum absolute atomic E-state index is 14.9. The first-order valence-corrected chi connectivity index (χ1v) is 17.1. The largest absolute Gasteiger partial charge is 0.508 e. The van der Waals surface area contributed by atoms with Gasteiger partial charge in [-0.15, -0.1) is 0 Å². The number of rotatable bonds is 12. The van der Waals surface area contributed by atoms with Crippen LogP contribution in [-0.2, 0) is 22.7 Å². The molecule has 2 heterocycles. The van der Waals surface area contributed by atoms with Crippen LogP contribution in [0.25, 0.3) is 22.3 Å². The third-order valence-electron chi connectivity index (χ3n) is 6.87. The number of aromatic nitrogens is 3. The fourth-order valence-electron chi connectivity index (χ4n) is 4.43. The molecule has 9 heteroatoms. The lowest BCUT2D eigenvalue weighted by molar-refractivity contribution is -0.118. The van der Waals surface area contributed by atoms with Crippen molar-refractivity contribution in [2.75, 3.05) is 6.61 Å². The highest BCUT2D eigenvalue weighted by molar-refractivity contribution is 6.76. The molecule has 1 aliphatic carbocycles. The fourth-order valence-corrected chi connectivity index (χ4v) is 5.19. The minimum atomic E-state index is -1.25. The van der Waals surface area contributed by atoms with E-state index >= 15 is 0 Å². The Bertz CT molecular complexity index is 1480. The summed E-state index contributed by atoms with van der Waals surface area (Å²) in [4.78, 5) is 21.1. The number of hydrogen-bond acceptors (Lipinski definition) is 6. The topological polar surface area (TPSA) is 86.5 Å². The molecule has 1 aliphatic rings. The van der Waals surface area contributed by atoms with E-state index in [4.69, 9.17) is 9.47 Å². The number of fused-ring (bicyclic) bond motifs is 1. The molecule has 39 heavy (non-hydrogen) atoms. The zero-order valence-electron chi connectivity index (χ0n) is 22.6. The van der Waals surface area contributed by atoms with Crippen LogP contribution in [0.3, 0.4) is 0 Å². The number of hydrogen-bond donors (Lipinski definition) is 1. The Kier molecular flexibility index (Phi) is 7.81. The summed E-state index contributed by atoms with van der Waals surface area (Å²) in [7, 11) is -1.25. The maximum atomic E-state index is 14.9. The molecule has 0 radical (unpaired) electrons. The van der Waals surface area contributed by atoms with Crippen molar-refractivity contribution in [1.29, 1.82) is 0 Å². The first-order chi connectivity index (χ1) is 18.7. The molecule has 0 aliphatic heterocycles. The molecule has 1 saturated carbocycles. The Balaban J connectivity index is 1.41. The van der Waals surface area contributed by atoms with Gasteiger partial charge < -0.3 is 19.1 Å². The van der Waals surface area contributed by atoms with Crippen molar-refractivity contribution < 1.29 is 23.8 Å². The quantitative estimate of drug-likeness (QED) is 0.152. The monoisotopic (exact) mass is 547 g/mol. The number of carbonyl (C=O) groups excluding carboxylic acids is 1. The number of benzene rings is 2. The summed E-state index contributed by atoms with van der Waals surface area (Å²) in [5.74, 6) is 0.830. The minimum absolute atomic E-state index is 0.0674. The summed E-state index contributed by atoms with van der Waals surface area (Å²) in [6, 6.07) is 14.4. The molecule has 5 rings (SSSR count). The van der Waals surface area contributed by atoms with Crippen LogP contribution < -0.4 is 4.74 Å². The van der Waals surface area contributed by atoms with Gasteiger partial charge in [-0.05, 0) is 72.3 Å². The van der Waals surface area contributed by atoms with E-state index in [0.717, 1.165) is 30.1 Å². The predicted molar refractivity (Wildman–Crippen MR) is 151 cm³/mol. The maximum Gasteiger partial charge on any atom is 0.231 e. The van der Waals surface area contributed by atoms with Gasteiger partial charge in [0.05, 0.1) is 11.1 Å². The highest BCUT2D eigenvalue weighted by Gasteiger charge is 2.25. The van der Waals surface area contributed by atoms with E-state index in [2.05, 4.69) is 29.6 Å². The van der Waals surface area contributed by atoms with Crippen molar-refractivity contribution in [3.05, 3.63) is 66.2 Å². The fraction of sp³-hybridized carbons (Fsp3) is 0.367. The van der Waals surface area contributed by atoms with Crippen LogP contribution in [0.15, 0.2) is 54.9 Å². The van der Waals surface area contributed by atoms with Gasteiger partial charge in [0.25, 0.3) is 0 Å². The molecule has 0 amide bonds. The summed E-state index contributed by atoms with van der Waals surface area (Å²) in [6.45, 7) is 7.86. The molecule has 0 unspecified atom stereocenters. The molecular formula is C30H34FN3O4Si. The number of phenolic OH excluding ortho intramolecular Hbond substituents is 1. The summed E-state index contributed by atoms with van der Waals surface area (Å²) in [5, 5.41) is 10.4. The number of carbonyl (C=O) groups is 1. The predicted octanol–water partition coefficient (Wildman–Crippen LogP) is 6.96.